The van der Waals surface area contributed by atoms with Gasteiger partial charge in [0.2, 0.25) is 0 Å². The normalized spacial score (nSPS) is 13.2. The molecule has 0 aromatic rings. The molecule has 0 aromatic carbocycles. The van der Waals surface area contributed by atoms with Crippen LogP contribution in [0.3, 0.4) is 0 Å². The van der Waals surface area contributed by atoms with Crippen molar-refractivity contribution in [2.75, 3.05) is 13.1 Å². The van der Waals surface area contributed by atoms with Crippen molar-refractivity contribution in [3.05, 3.63) is 50.2 Å². The van der Waals surface area contributed by atoms with E-state index in [1.165, 1.54) is 0 Å². The molecule has 1 atom stereocenters. The van der Waals surface area contributed by atoms with Gasteiger partial charge >= 0.3 is 0 Å². The van der Waals surface area contributed by atoms with Crippen molar-refractivity contribution >= 4 is 0 Å². The van der Waals surface area contributed by atoms with E-state index in [9.17, 15) is 0 Å². The van der Waals surface area contributed by atoms with Gasteiger partial charge in [-0.25, -0.2) is 0 Å². The van der Waals surface area contributed by atoms with Crippen molar-refractivity contribution in [3.63, 3.8) is 0 Å². The monoisotopic (exact) mass is 262 g/mol. The van der Waals surface area contributed by atoms with Crippen LogP contribution in [0.4, 0.5) is 0 Å². The van der Waals surface area contributed by atoms with E-state index in [-0.39, 0.29) is 5.41 Å². The molecule has 0 bridgehead atoms. The highest BCUT2D eigenvalue weighted by Crippen LogP contribution is 2.25. The van der Waals surface area contributed by atoms with Crippen molar-refractivity contribution in [1.82, 2.24) is 5.32 Å². The Morgan fingerprint density at radius 1 is 1.11 bits per heavy atom. The molecular weight excluding hydrogens is 232 g/mol. The van der Waals surface area contributed by atoms with Gasteiger partial charge in [0.1, 0.15) is 0 Å². The van der Waals surface area contributed by atoms with Crippen molar-refractivity contribution < 1.29 is 0 Å². The van der Waals surface area contributed by atoms with Gasteiger partial charge in [-0.15, -0.1) is 19.7 Å². The lowest BCUT2D eigenvalue weighted by atomic mass is 9.83. The second-order valence-corrected chi connectivity index (χ2v) is 5.44. The van der Waals surface area contributed by atoms with Crippen LogP contribution in [0.1, 0.15) is 32.6 Å². The zero-order valence-electron chi connectivity index (χ0n) is 12.4. The van der Waals surface area contributed by atoms with Crippen molar-refractivity contribution in [1.29, 1.82) is 0 Å². The fourth-order valence-electron chi connectivity index (χ4n) is 2.10. The highest BCUT2D eigenvalue weighted by Gasteiger charge is 2.19. The molecule has 1 unspecified atom stereocenters. The van der Waals surface area contributed by atoms with Crippen LogP contribution in [0, 0.1) is 11.3 Å². The van der Waals surface area contributed by atoms with Crippen LogP contribution in [0.15, 0.2) is 50.2 Å². The van der Waals surface area contributed by atoms with Gasteiger partial charge in [0.05, 0.1) is 0 Å². The molecule has 0 radical (unpaired) electrons. The van der Waals surface area contributed by atoms with Gasteiger partial charge < -0.3 is 11.1 Å². The van der Waals surface area contributed by atoms with E-state index < -0.39 is 0 Å². The van der Waals surface area contributed by atoms with Crippen LogP contribution in [0.25, 0.3) is 0 Å². The first-order chi connectivity index (χ1) is 9.11. The lowest BCUT2D eigenvalue weighted by molar-refractivity contribution is 0.327. The summed E-state index contributed by atoms with van der Waals surface area (Å²) in [5.74, 6) is 0.503. The molecule has 0 saturated carbocycles. The van der Waals surface area contributed by atoms with Crippen LogP contribution in [0.2, 0.25) is 0 Å². The first kappa shape index (κ1) is 17.7. The van der Waals surface area contributed by atoms with E-state index in [0.717, 1.165) is 32.2 Å². The highest BCUT2D eigenvalue weighted by atomic mass is 14.8. The number of allylic oxidation sites excluding steroid dienone is 4. The molecule has 0 heterocycles. The number of nitrogens with one attached hydrogen (secondary N) is 1. The fraction of sp³-hybridized carbons (Fsp3) is 0.529. The summed E-state index contributed by atoms with van der Waals surface area (Å²) in [6, 6.07) is 0. The minimum Gasteiger partial charge on any atom is -0.391 e. The molecule has 0 aliphatic heterocycles. The zero-order chi connectivity index (χ0) is 14.6. The van der Waals surface area contributed by atoms with Gasteiger partial charge in [0, 0.05) is 6.54 Å². The van der Waals surface area contributed by atoms with Gasteiger partial charge in [-0.3, -0.25) is 0 Å². The molecule has 3 N–H and O–H groups in total. The van der Waals surface area contributed by atoms with Gasteiger partial charge in [-0.1, -0.05) is 31.2 Å². The average Bonchev–Trinajstić information content (AvgIpc) is 2.37. The second kappa shape index (κ2) is 10.6. The highest BCUT2D eigenvalue weighted by molar-refractivity contribution is 4.93. The minimum atomic E-state index is 0.197. The smallest absolute Gasteiger partial charge is 0.0201 e. The Hall–Kier alpha value is -1.28. The molecule has 0 aromatic heterocycles. The number of rotatable bonds is 12. The number of hydrogen-bond donors (Lipinski definition) is 2. The summed E-state index contributed by atoms with van der Waals surface area (Å²) in [5.41, 5.74) is 5.89. The van der Waals surface area contributed by atoms with E-state index in [4.69, 9.17) is 5.73 Å². The van der Waals surface area contributed by atoms with Crippen LogP contribution < -0.4 is 11.1 Å². The maximum absolute atomic E-state index is 5.70. The minimum absolute atomic E-state index is 0.197. The molecule has 108 valence electrons. The van der Waals surface area contributed by atoms with E-state index in [2.05, 4.69) is 38.1 Å². The van der Waals surface area contributed by atoms with Gasteiger partial charge in [0.15, 0.2) is 0 Å². The Kier molecular flexibility index (Phi) is 9.91. The van der Waals surface area contributed by atoms with Crippen LogP contribution >= 0.6 is 0 Å². The van der Waals surface area contributed by atoms with Gasteiger partial charge in [0.25, 0.3) is 0 Å². The van der Waals surface area contributed by atoms with Crippen molar-refractivity contribution in [2.45, 2.75) is 32.6 Å². The third-order valence-corrected chi connectivity index (χ3v) is 3.34. The standard InChI is InChI=1S/C17H30N2/c1-5-9-16(14-18)10-8-13-19-15-17(4,11-6-2)12-7-3/h5-8,13,16,19H,1-3,9-12,14-15,18H2,4H3/b13-8+. The van der Waals surface area contributed by atoms with E-state index in [1.54, 1.807) is 0 Å². The Balaban J connectivity index is 4.06. The van der Waals surface area contributed by atoms with E-state index >= 15 is 0 Å². The Morgan fingerprint density at radius 2 is 1.74 bits per heavy atom. The van der Waals surface area contributed by atoms with E-state index in [0.29, 0.717) is 12.5 Å². The first-order valence-electron chi connectivity index (χ1n) is 7.03. The molecule has 0 saturated heterocycles. The molecule has 19 heavy (non-hydrogen) atoms. The third kappa shape index (κ3) is 8.44. The second-order valence-electron chi connectivity index (χ2n) is 5.44. The molecular formula is C17H30N2. The largest absolute Gasteiger partial charge is 0.391 e. The summed E-state index contributed by atoms with van der Waals surface area (Å²) in [5, 5.41) is 3.37. The maximum atomic E-state index is 5.70. The summed E-state index contributed by atoms with van der Waals surface area (Å²) >= 11 is 0. The molecule has 0 spiro atoms. The predicted octanol–water partition coefficient (Wildman–Crippen LogP) is 3.79. The summed E-state index contributed by atoms with van der Waals surface area (Å²) < 4.78 is 0. The quantitative estimate of drug-likeness (QED) is 0.525. The number of hydrogen-bond acceptors (Lipinski definition) is 2. The predicted molar refractivity (Wildman–Crippen MR) is 86.9 cm³/mol. The van der Waals surface area contributed by atoms with E-state index in [1.807, 2.05) is 24.4 Å². The van der Waals surface area contributed by atoms with Gasteiger partial charge in [-0.2, -0.15) is 0 Å². The zero-order valence-corrected chi connectivity index (χ0v) is 12.4. The van der Waals surface area contributed by atoms with Crippen molar-refractivity contribution in [2.24, 2.45) is 17.1 Å². The molecule has 0 amide bonds. The number of nitrogens with two attached hydrogens (primary N) is 1. The molecule has 2 nitrogen and oxygen atoms in total. The lowest BCUT2D eigenvalue weighted by Gasteiger charge is -2.27. The summed E-state index contributed by atoms with van der Waals surface area (Å²) in [4.78, 5) is 0. The lowest BCUT2D eigenvalue weighted by Crippen LogP contribution is -2.28. The molecule has 0 rings (SSSR count). The topological polar surface area (TPSA) is 38.0 Å². The first-order valence-corrected chi connectivity index (χ1v) is 7.03. The SMILES string of the molecule is C=CCC(CN)C/C=C/NCC(C)(CC=C)CC=C. The molecule has 0 aliphatic carbocycles. The molecule has 0 fully saturated rings. The summed E-state index contributed by atoms with van der Waals surface area (Å²) in [6.45, 7) is 15.3. The fourth-order valence-corrected chi connectivity index (χ4v) is 2.10. The van der Waals surface area contributed by atoms with Crippen LogP contribution in [0.5, 0.6) is 0 Å². The third-order valence-electron chi connectivity index (χ3n) is 3.34. The van der Waals surface area contributed by atoms with Crippen LogP contribution in [-0.4, -0.2) is 13.1 Å². The molecule has 0 aliphatic rings. The Morgan fingerprint density at radius 3 is 2.21 bits per heavy atom. The van der Waals surface area contributed by atoms with Gasteiger partial charge in [-0.05, 0) is 49.8 Å². The Bertz CT molecular complexity index is 282. The Labute approximate surface area is 119 Å². The average molecular weight is 262 g/mol. The summed E-state index contributed by atoms with van der Waals surface area (Å²) in [6.07, 6.45) is 14.0. The summed E-state index contributed by atoms with van der Waals surface area (Å²) in [7, 11) is 0. The maximum Gasteiger partial charge on any atom is 0.0201 e. The van der Waals surface area contributed by atoms with Crippen molar-refractivity contribution in [3.8, 4) is 0 Å². The van der Waals surface area contributed by atoms with Crippen LogP contribution in [-0.2, 0) is 0 Å². The molecule has 2 heteroatoms.